The minimum absolute atomic E-state index is 0.0872. The highest BCUT2D eigenvalue weighted by Gasteiger charge is 2.24. The number of anilines is 1. The van der Waals surface area contributed by atoms with E-state index in [1.54, 1.807) is 24.3 Å². The average Bonchev–Trinajstić information content (AvgIpc) is 2.70. The molecular formula is C22H26ClN3O2. The Morgan fingerprint density at radius 1 is 1.14 bits per heavy atom. The third-order valence-corrected chi connectivity index (χ3v) is 5.65. The number of likely N-dealkylation sites (tertiary alicyclic amines) is 1. The van der Waals surface area contributed by atoms with Gasteiger partial charge in [-0.2, -0.15) is 0 Å². The Kier molecular flexibility index (Phi) is 6.57. The summed E-state index contributed by atoms with van der Waals surface area (Å²) in [5, 5.41) is 6.42. The number of urea groups is 1. The fourth-order valence-corrected chi connectivity index (χ4v) is 3.70. The lowest BCUT2D eigenvalue weighted by atomic mass is 9.98. The summed E-state index contributed by atoms with van der Waals surface area (Å²) in [5.41, 5.74) is 3.55. The molecule has 3 rings (SSSR count). The van der Waals surface area contributed by atoms with Crippen LogP contribution in [-0.2, 0) is 0 Å². The first-order chi connectivity index (χ1) is 13.5. The molecule has 0 aromatic heterocycles. The fourth-order valence-electron chi connectivity index (χ4n) is 3.47. The first kappa shape index (κ1) is 20.2. The lowest BCUT2D eigenvalue weighted by Gasteiger charge is -2.33. The molecule has 0 saturated carbocycles. The number of piperidine rings is 1. The standard InChI is InChI=1S/C22H26ClN3O2/c1-15-7-5-11-20(16(15)2)25-22(28)26-12-6-8-17(14-26)13-24-21(27)18-9-3-4-10-19(18)23/h3-5,7,9-11,17H,6,8,12-14H2,1-2H3,(H,24,27)(H,25,28)/t17-/m0/s1. The van der Waals surface area contributed by atoms with Crippen LogP contribution in [0.1, 0.15) is 34.3 Å². The van der Waals surface area contributed by atoms with E-state index in [4.69, 9.17) is 11.6 Å². The van der Waals surface area contributed by atoms with Crippen LogP contribution in [0.15, 0.2) is 42.5 Å². The first-order valence-electron chi connectivity index (χ1n) is 9.60. The number of nitrogens with zero attached hydrogens (tertiary/aromatic N) is 1. The van der Waals surface area contributed by atoms with Crippen LogP contribution in [-0.4, -0.2) is 36.5 Å². The second-order valence-corrected chi connectivity index (χ2v) is 7.73. The van der Waals surface area contributed by atoms with Crippen LogP contribution < -0.4 is 10.6 Å². The minimum Gasteiger partial charge on any atom is -0.352 e. The Balaban J connectivity index is 1.55. The van der Waals surface area contributed by atoms with E-state index in [9.17, 15) is 9.59 Å². The summed E-state index contributed by atoms with van der Waals surface area (Å²) in [5.74, 6) is 0.0482. The molecule has 1 atom stereocenters. The Morgan fingerprint density at radius 3 is 2.71 bits per heavy atom. The van der Waals surface area contributed by atoms with E-state index >= 15 is 0 Å². The molecule has 0 bridgehead atoms. The maximum Gasteiger partial charge on any atom is 0.321 e. The lowest BCUT2D eigenvalue weighted by Crippen LogP contribution is -2.45. The van der Waals surface area contributed by atoms with Crippen molar-refractivity contribution < 1.29 is 9.59 Å². The molecular weight excluding hydrogens is 374 g/mol. The van der Waals surface area contributed by atoms with E-state index in [2.05, 4.69) is 10.6 Å². The Bertz CT molecular complexity index is 869. The molecule has 0 radical (unpaired) electrons. The van der Waals surface area contributed by atoms with Gasteiger partial charge in [-0.25, -0.2) is 4.79 Å². The maximum atomic E-state index is 12.7. The molecule has 1 saturated heterocycles. The van der Waals surface area contributed by atoms with E-state index < -0.39 is 0 Å². The monoisotopic (exact) mass is 399 g/mol. The van der Waals surface area contributed by atoms with Gasteiger partial charge in [0.15, 0.2) is 0 Å². The largest absolute Gasteiger partial charge is 0.352 e. The number of nitrogens with one attached hydrogen (secondary N) is 2. The van der Waals surface area contributed by atoms with Crippen molar-refractivity contribution in [2.75, 3.05) is 25.0 Å². The van der Waals surface area contributed by atoms with E-state index in [0.717, 1.165) is 36.2 Å². The van der Waals surface area contributed by atoms with Gasteiger partial charge in [-0.15, -0.1) is 0 Å². The molecule has 1 fully saturated rings. The molecule has 2 N–H and O–H groups in total. The molecule has 148 valence electrons. The van der Waals surface area contributed by atoms with Gasteiger partial charge in [0.2, 0.25) is 0 Å². The average molecular weight is 400 g/mol. The lowest BCUT2D eigenvalue weighted by molar-refractivity contribution is 0.0938. The zero-order chi connectivity index (χ0) is 20.1. The van der Waals surface area contributed by atoms with Crippen LogP contribution >= 0.6 is 11.6 Å². The van der Waals surface area contributed by atoms with Crippen molar-refractivity contribution in [2.24, 2.45) is 5.92 Å². The van der Waals surface area contributed by atoms with Crippen LogP contribution in [0, 0.1) is 19.8 Å². The smallest absolute Gasteiger partial charge is 0.321 e. The van der Waals surface area contributed by atoms with E-state index in [1.165, 1.54) is 0 Å². The molecule has 1 aliphatic rings. The van der Waals surface area contributed by atoms with Crippen molar-refractivity contribution in [3.05, 3.63) is 64.2 Å². The summed E-state index contributed by atoms with van der Waals surface area (Å²) >= 11 is 6.08. The van der Waals surface area contributed by atoms with Gasteiger partial charge in [-0.05, 0) is 61.9 Å². The van der Waals surface area contributed by atoms with Gasteiger partial charge in [0.05, 0.1) is 10.6 Å². The Labute approximate surface area is 171 Å². The van der Waals surface area contributed by atoms with E-state index in [0.29, 0.717) is 23.7 Å². The van der Waals surface area contributed by atoms with Crippen molar-refractivity contribution in [1.82, 2.24) is 10.2 Å². The van der Waals surface area contributed by atoms with Gasteiger partial charge >= 0.3 is 6.03 Å². The molecule has 5 nitrogen and oxygen atoms in total. The molecule has 0 aliphatic carbocycles. The molecule has 6 heteroatoms. The van der Waals surface area contributed by atoms with Gasteiger partial charge in [0.1, 0.15) is 0 Å². The molecule has 0 unspecified atom stereocenters. The number of hydrogen-bond donors (Lipinski definition) is 2. The number of amides is 3. The number of benzene rings is 2. The van der Waals surface area contributed by atoms with Crippen molar-refractivity contribution in [1.29, 1.82) is 0 Å². The molecule has 3 amide bonds. The van der Waals surface area contributed by atoms with Crippen molar-refractivity contribution in [2.45, 2.75) is 26.7 Å². The third-order valence-electron chi connectivity index (χ3n) is 5.32. The molecule has 1 heterocycles. The third kappa shape index (κ3) is 4.84. The second-order valence-electron chi connectivity index (χ2n) is 7.32. The number of rotatable bonds is 4. The van der Waals surface area contributed by atoms with Crippen LogP contribution in [0.4, 0.5) is 10.5 Å². The van der Waals surface area contributed by atoms with Crippen LogP contribution in [0.25, 0.3) is 0 Å². The fraction of sp³-hybridized carbons (Fsp3) is 0.364. The zero-order valence-electron chi connectivity index (χ0n) is 16.3. The van der Waals surface area contributed by atoms with Crippen molar-refractivity contribution in [3.63, 3.8) is 0 Å². The van der Waals surface area contributed by atoms with Gasteiger partial charge in [0.25, 0.3) is 5.91 Å². The minimum atomic E-state index is -0.178. The maximum absolute atomic E-state index is 12.7. The summed E-state index contributed by atoms with van der Waals surface area (Å²) in [7, 11) is 0. The summed E-state index contributed by atoms with van der Waals surface area (Å²) in [4.78, 5) is 26.9. The van der Waals surface area contributed by atoms with Gasteiger partial charge in [0, 0.05) is 25.3 Å². The SMILES string of the molecule is Cc1cccc(NC(=O)N2CCC[C@@H](CNC(=O)c3ccccc3Cl)C2)c1C. The second kappa shape index (κ2) is 9.11. The number of carbonyl (C=O) groups is 2. The predicted molar refractivity (Wildman–Crippen MR) is 113 cm³/mol. The molecule has 28 heavy (non-hydrogen) atoms. The number of halogens is 1. The number of aryl methyl sites for hydroxylation is 1. The van der Waals surface area contributed by atoms with E-state index in [1.807, 2.05) is 36.9 Å². The van der Waals surface area contributed by atoms with Gasteiger partial charge < -0.3 is 15.5 Å². The summed E-state index contributed by atoms with van der Waals surface area (Å²) in [6, 6.07) is 12.8. The van der Waals surface area contributed by atoms with Crippen molar-refractivity contribution >= 4 is 29.2 Å². The molecule has 2 aromatic rings. The summed E-state index contributed by atoms with van der Waals surface area (Å²) in [6.45, 7) is 5.92. The quantitative estimate of drug-likeness (QED) is 0.787. The normalized spacial score (nSPS) is 16.5. The molecule has 2 aromatic carbocycles. The van der Waals surface area contributed by atoms with Crippen LogP contribution in [0.3, 0.4) is 0 Å². The van der Waals surface area contributed by atoms with Gasteiger partial charge in [-0.1, -0.05) is 35.9 Å². The zero-order valence-corrected chi connectivity index (χ0v) is 17.1. The topological polar surface area (TPSA) is 61.4 Å². The van der Waals surface area contributed by atoms with Crippen molar-refractivity contribution in [3.8, 4) is 0 Å². The van der Waals surface area contributed by atoms with Crippen LogP contribution in [0.2, 0.25) is 5.02 Å². The molecule has 1 aliphatic heterocycles. The Morgan fingerprint density at radius 2 is 1.93 bits per heavy atom. The van der Waals surface area contributed by atoms with E-state index in [-0.39, 0.29) is 17.9 Å². The number of carbonyl (C=O) groups excluding carboxylic acids is 2. The highest BCUT2D eigenvalue weighted by molar-refractivity contribution is 6.33. The first-order valence-corrected chi connectivity index (χ1v) is 9.98. The highest BCUT2D eigenvalue weighted by atomic mass is 35.5. The molecule has 0 spiro atoms. The summed E-state index contributed by atoms with van der Waals surface area (Å²) < 4.78 is 0. The predicted octanol–water partition coefficient (Wildman–Crippen LogP) is 4.63. The summed E-state index contributed by atoms with van der Waals surface area (Å²) in [6.07, 6.45) is 1.91. The highest BCUT2D eigenvalue weighted by Crippen LogP contribution is 2.21. The Hall–Kier alpha value is -2.53. The number of hydrogen-bond acceptors (Lipinski definition) is 2. The van der Waals surface area contributed by atoms with Crippen LogP contribution in [0.5, 0.6) is 0 Å². The van der Waals surface area contributed by atoms with Gasteiger partial charge in [-0.3, -0.25) is 4.79 Å².